The summed E-state index contributed by atoms with van der Waals surface area (Å²) in [5.41, 5.74) is 0. The molecule has 0 unspecified atom stereocenters. The molecular weight excluding hydrogens is 235 g/mol. The molecule has 0 aromatic carbocycles. The first-order chi connectivity index (χ1) is 4.20. The highest BCUT2D eigenvalue weighted by molar-refractivity contribution is 14.1. The summed E-state index contributed by atoms with van der Waals surface area (Å²) >= 11 is 1.87. The van der Waals surface area contributed by atoms with E-state index < -0.39 is 6.03 Å². The molecule has 9 heavy (non-hydrogen) atoms. The van der Waals surface area contributed by atoms with Gasteiger partial charge in [0.05, 0.1) is 4.43 Å². The van der Waals surface area contributed by atoms with Gasteiger partial charge in [0.25, 0.3) is 0 Å². The van der Waals surface area contributed by atoms with Crippen LogP contribution in [0.1, 0.15) is 0 Å². The van der Waals surface area contributed by atoms with Crippen LogP contribution in [-0.4, -0.2) is 23.4 Å². The predicted molar refractivity (Wildman–Crippen MR) is 41.5 cm³/mol. The monoisotopic (exact) mass is 242 g/mol. The molecule has 2 N–H and O–H groups in total. The minimum Gasteiger partial charge on any atom is -0.341 e. The van der Waals surface area contributed by atoms with E-state index in [0.29, 0.717) is 4.43 Å². The summed E-state index contributed by atoms with van der Waals surface area (Å²) in [6.07, 6.45) is 0. The third-order valence-electron chi connectivity index (χ3n) is 0.601. The highest BCUT2D eigenvalue weighted by atomic mass is 127. The van der Waals surface area contributed by atoms with Gasteiger partial charge in [0, 0.05) is 7.05 Å². The van der Waals surface area contributed by atoms with Crippen molar-refractivity contribution in [3.05, 3.63) is 0 Å². The van der Waals surface area contributed by atoms with Gasteiger partial charge in [-0.25, -0.2) is 4.79 Å². The average Bonchev–Trinajstić information content (AvgIpc) is 1.87. The third-order valence-corrected chi connectivity index (χ3v) is 1.29. The lowest BCUT2D eigenvalue weighted by Crippen LogP contribution is -2.37. The lowest BCUT2D eigenvalue weighted by Gasteiger charge is -1.97. The van der Waals surface area contributed by atoms with Crippen molar-refractivity contribution in [3.63, 3.8) is 0 Å². The van der Waals surface area contributed by atoms with E-state index in [1.807, 2.05) is 22.6 Å². The predicted octanol–water partition coefficient (Wildman–Crippen LogP) is -0.123. The third kappa shape index (κ3) is 4.19. The zero-order valence-electron chi connectivity index (χ0n) is 4.90. The molecule has 0 fully saturated rings. The fourth-order valence-electron chi connectivity index (χ4n) is 0.223. The summed E-state index contributed by atoms with van der Waals surface area (Å²) in [7, 11) is 1.45. The Morgan fingerprint density at radius 1 is 1.56 bits per heavy atom. The van der Waals surface area contributed by atoms with E-state index in [4.69, 9.17) is 0 Å². The summed E-state index contributed by atoms with van der Waals surface area (Å²) < 4.78 is 0.297. The Kier molecular flexibility index (Phi) is 4.37. The van der Waals surface area contributed by atoms with Gasteiger partial charge in [0.15, 0.2) is 0 Å². The second kappa shape index (κ2) is 4.54. The zero-order chi connectivity index (χ0) is 7.28. The van der Waals surface area contributed by atoms with Crippen LogP contribution in [0.3, 0.4) is 0 Å². The molecule has 0 aromatic heterocycles. The van der Waals surface area contributed by atoms with Crippen LogP contribution in [0.2, 0.25) is 0 Å². The summed E-state index contributed by atoms with van der Waals surface area (Å²) in [4.78, 5) is 20.7. The molecule has 0 aliphatic rings. The highest BCUT2D eigenvalue weighted by Crippen LogP contribution is 1.78. The second-order valence-electron chi connectivity index (χ2n) is 1.26. The molecule has 0 bridgehead atoms. The van der Waals surface area contributed by atoms with Crippen LogP contribution in [-0.2, 0) is 4.79 Å². The molecular formula is C4H7IN2O2. The van der Waals surface area contributed by atoms with Gasteiger partial charge >= 0.3 is 6.03 Å². The van der Waals surface area contributed by atoms with E-state index in [1.165, 1.54) is 7.05 Å². The Hall–Kier alpha value is -0.330. The molecule has 5 heteroatoms. The number of urea groups is 1. The number of imide groups is 1. The molecule has 0 spiro atoms. The zero-order valence-corrected chi connectivity index (χ0v) is 7.06. The van der Waals surface area contributed by atoms with Crippen LogP contribution in [0.15, 0.2) is 0 Å². The number of carbonyl (C=O) groups excluding carboxylic acids is 2. The van der Waals surface area contributed by atoms with Crippen LogP contribution < -0.4 is 10.6 Å². The van der Waals surface area contributed by atoms with Crippen molar-refractivity contribution in [2.24, 2.45) is 0 Å². The largest absolute Gasteiger partial charge is 0.341 e. The Bertz CT molecular complexity index is 112. The topological polar surface area (TPSA) is 58.2 Å². The molecule has 3 amide bonds. The van der Waals surface area contributed by atoms with Crippen LogP contribution >= 0.6 is 22.6 Å². The summed E-state index contributed by atoms with van der Waals surface area (Å²) in [5, 5.41) is 4.34. The molecule has 0 aromatic rings. The minimum atomic E-state index is -0.461. The first-order valence-electron chi connectivity index (χ1n) is 2.28. The smallest absolute Gasteiger partial charge is 0.321 e. The van der Waals surface area contributed by atoms with Crippen molar-refractivity contribution in [2.75, 3.05) is 11.5 Å². The van der Waals surface area contributed by atoms with E-state index in [9.17, 15) is 9.59 Å². The van der Waals surface area contributed by atoms with Crippen molar-refractivity contribution in [1.29, 1.82) is 0 Å². The number of nitrogens with one attached hydrogen (secondary N) is 2. The van der Waals surface area contributed by atoms with E-state index in [0.717, 1.165) is 0 Å². The maximum absolute atomic E-state index is 10.4. The van der Waals surface area contributed by atoms with E-state index in [2.05, 4.69) is 10.6 Å². The van der Waals surface area contributed by atoms with Crippen molar-refractivity contribution < 1.29 is 9.59 Å². The van der Waals surface area contributed by atoms with E-state index in [1.54, 1.807) is 0 Å². The minimum absolute atomic E-state index is 0.282. The molecule has 0 atom stereocenters. The van der Waals surface area contributed by atoms with Crippen LogP contribution in [0.25, 0.3) is 0 Å². The number of alkyl halides is 1. The highest BCUT2D eigenvalue weighted by Gasteiger charge is 2.00. The molecule has 0 heterocycles. The van der Waals surface area contributed by atoms with Gasteiger partial charge in [0.2, 0.25) is 5.91 Å². The molecule has 0 aliphatic heterocycles. The first kappa shape index (κ1) is 8.67. The van der Waals surface area contributed by atoms with Gasteiger partial charge in [-0.15, -0.1) is 0 Å². The number of hydrogen-bond donors (Lipinski definition) is 2. The van der Waals surface area contributed by atoms with E-state index in [-0.39, 0.29) is 5.91 Å². The standard InChI is InChI=1S/C4H7IN2O2/c1-6-4(9)7-3(8)2-5/h2H2,1H3,(H2,6,7,8,9). The van der Waals surface area contributed by atoms with Gasteiger partial charge < -0.3 is 5.32 Å². The molecule has 0 rings (SSSR count). The lowest BCUT2D eigenvalue weighted by atomic mass is 10.7. The molecule has 0 saturated carbocycles. The van der Waals surface area contributed by atoms with Crippen molar-refractivity contribution in [1.82, 2.24) is 10.6 Å². The maximum Gasteiger partial charge on any atom is 0.321 e. The van der Waals surface area contributed by atoms with Gasteiger partial charge in [0.1, 0.15) is 0 Å². The number of hydrogen-bond acceptors (Lipinski definition) is 2. The lowest BCUT2D eigenvalue weighted by molar-refractivity contribution is -0.117. The molecule has 0 aliphatic carbocycles. The van der Waals surface area contributed by atoms with Crippen LogP contribution in [0, 0.1) is 0 Å². The average molecular weight is 242 g/mol. The van der Waals surface area contributed by atoms with Crippen molar-refractivity contribution in [2.45, 2.75) is 0 Å². The van der Waals surface area contributed by atoms with Crippen LogP contribution in [0.4, 0.5) is 4.79 Å². The number of amides is 3. The second-order valence-corrected chi connectivity index (χ2v) is 2.02. The maximum atomic E-state index is 10.4. The SMILES string of the molecule is CNC(=O)NC(=O)CI. The Morgan fingerprint density at radius 3 is 2.44 bits per heavy atom. The molecule has 52 valence electrons. The van der Waals surface area contributed by atoms with E-state index >= 15 is 0 Å². The number of rotatable bonds is 1. The summed E-state index contributed by atoms with van der Waals surface area (Å²) in [6.45, 7) is 0. The van der Waals surface area contributed by atoms with Gasteiger partial charge in [-0.05, 0) is 0 Å². The Labute approximate surface area is 66.5 Å². The fraction of sp³-hybridized carbons (Fsp3) is 0.500. The Balaban J connectivity index is 3.47. The quantitative estimate of drug-likeness (QED) is 0.497. The van der Waals surface area contributed by atoms with Gasteiger partial charge in [-0.1, -0.05) is 22.6 Å². The van der Waals surface area contributed by atoms with Gasteiger partial charge in [-0.3, -0.25) is 10.1 Å². The Morgan fingerprint density at radius 2 is 2.11 bits per heavy atom. The van der Waals surface area contributed by atoms with Crippen molar-refractivity contribution in [3.8, 4) is 0 Å². The summed E-state index contributed by atoms with van der Waals surface area (Å²) in [5.74, 6) is -0.282. The normalized spacial score (nSPS) is 8.22. The van der Waals surface area contributed by atoms with Crippen LogP contribution in [0.5, 0.6) is 0 Å². The number of carbonyl (C=O) groups is 2. The summed E-state index contributed by atoms with van der Waals surface area (Å²) in [6, 6.07) is -0.461. The number of halogens is 1. The molecule has 0 radical (unpaired) electrons. The molecule has 4 nitrogen and oxygen atoms in total. The first-order valence-corrected chi connectivity index (χ1v) is 3.80. The fourth-order valence-corrected chi connectivity index (χ4v) is 0.413. The molecule has 0 saturated heterocycles. The van der Waals surface area contributed by atoms with Crippen molar-refractivity contribution >= 4 is 34.5 Å². The van der Waals surface area contributed by atoms with Gasteiger partial charge in [-0.2, -0.15) is 0 Å².